The number of carbonyl (C=O) groups excluding carboxylic acids is 1. The van der Waals surface area contributed by atoms with Crippen LogP contribution in [0.3, 0.4) is 0 Å². The van der Waals surface area contributed by atoms with E-state index in [1.807, 2.05) is 0 Å². The first kappa shape index (κ1) is 21.1. The molecule has 3 rings (SSSR count). The summed E-state index contributed by atoms with van der Waals surface area (Å²) in [5, 5.41) is 3.11. The van der Waals surface area contributed by atoms with Gasteiger partial charge in [-0.1, -0.05) is 12.1 Å². The van der Waals surface area contributed by atoms with Crippen molar-refractivity contribution in [3.63, 3.8) is 0 Å². The summed E-state index contributed by atoms with van der Waals surface area (Å²) >= 11 is 0. The molecule has 1 unspecified atom stereocenters. The zero-order valence-electron chi connectivity index (χ0n) is 14.6. The summed E-state index contributed by atoms with van der Waals surface area (Å²) in [6.45, 7) is 1.97. The van der Waals surface area contributed by atoms with Gasteiger partial charge >= 0.3 is 0 Å². The number of amides is 1. The van der Waals surface area contributed by atoms with Gasteiger partial charge in [0.05, 0.1) is 13.2 Å². The number of piperidine rings is 1. The molecule has 0 spiro atoms. The lowest BCUT2D eigenvalue weighted by Crippen LogP contribution is -2.60. The summed E-state index contributed by atoms with van der Waals surface area (Å²) in [6.07, 6.45) is 1.33. The molecule has 0 aliphatic carbocycles. The van der Waals surface area contributed by atoms with E-state index in [0.29, 0.717) is 26.2 Å². The number of ether oxygens (including phenoxy) is 1. The maximum atomic E-state index is 13.2. The third-order valence-corrected chi connectivity index (χ3v) is 7.11. The molecule has 2 fully saturated rings. The molecule has 1 amide bonds. The minimum atomic E-state index is -3.55. The summed E-state index contributed by atoms with van der Waals surface area (Å²) in [6, 6.07) is 5.96. The molecule has 1 aromatic rings. The highest BCUT2D eigenvalue weighted by Crippen LogP contribution is 2.32. The molecule has 26 heavy (non-hydrogen) atoms. The van der Waals surface area contributed by atoms with Crippen LogP contribution in [0.1, 0.15) is 24.5 Å². The fourth-order valence-electron chi connectivity index (χ4n) is 3.57. The molecule has 146 valence electrons. The van der Waals surface area contributed by atoms with Crippen LogP contribution in [0, 0.1) is 5.82 Å². The highest BCUT2D eigenvalue weighted by molar-refractivity contribution is 7.92. The summed E-state index contributed by atoms with van der Waals surface area (Å²) < 4.78 is 42.3. The van der Waals surface area contributed by atoms with Gasteiger partial charge < -0.3 is 15.0 Å². The van der Waals surface area contributed by atoms with E-state index in [4.69, 9.17) is 4.74 Å². The Morgan fingerprint density at radius 3 is 2.46 bits per heavy atom. The first-order valence-corrected chi connectivity index (χ1v) is 10.3. The largest absolute Gasteiger partial charge is 0.370 e. The number of hydrogen-bond donors (Lipinski definition) is 1. The van der Waals surface area contributed by atoms with Crippen LogP contribution in [0.15, 0.2) is 24.3 Å². The van der Waals surface area contributed by atoms with Gasteiger partial charge in [-0.05, 0) is 43.6 Å². The standard InChI is InChI=1S/C17H23FN2O4S.ClH/c1-25(22,23)17(6-8-19-9-7-17)16(21)20-10-11-24-15(12-20)13-2-4-14(18)5-3-13;/h2-5,15,19H,6-12H2,1H3;1H. The lowest BCUT2D eigenvalue weighted by atomic mass is 9.94. The number of nitrogens with zero attached hydrogens (tertiary/aromatic N) is 1. The van der Waals surface area contributed by atoms with Crippen molar-refractivity contribution < 1.29 is 22.3 Å². The lowest BCUT2D eigenvalue weighted by Gasteiger charge is -2.41. The molecule has 9 heteroatoms. The third kappa shape index (κ3) is 4.03. The second-order valence-corrected chi connectivity index (χ2v) is 9.00. The van der Waals surface area contributed by atoms with Gasteiger partial charge in [-0.25, -0.2) is 12.8 Å². The first-order valence-electron chi connectivity index (χ1n) is 8.40. The van der Waals surface area contributed by atoms with Crippen LogP contribution < -0.4 is 5.32 Å². The Morgan fingerprint density at radius 1 is 1.27 bits per heavy atom. The van der Waals surface area contributed by atoms with Crippen LogP contribution in [-0.4, -0.2) is 63.0 Å². The first-order chi connectivity index (χ1) is 11.8. The maximum Gasteiger partial charge on any atom is 0.244 e. The van der Waals surface area contributed by atoms with Gasteiger partial charge in [0.2, 0.25) is 5.91 Å². The average Bonchev–Trinajstić information content (AvgIpc) is 2.61. The smallest absolute Gasteiger partial charge is 0.244 e. The van der Waals surface area contributed by atoms with Crippen molar-refractivity contribution in [2.24, 2.45) is 0 Å². The van der Waals surface area contributed by atoms with Crippen LogP contribution in [0.4, 0.5) is 4.39 Å². The van der Waals surface area contributed by atoms with E-state index >= 15 is 0 Å². The number of morpholine rings is 1. The van der Waals surface area contributed by atoms with Crippen molar-refractivity contribution in [1.82, 2.24) is 10.2 Å². The third-order valence-electron chi connectivity index (χ3n) is 5.11. The number of nitrogens with one attached hydrogen (secondary N) is 1. The van der Waals surface area contributed by atoms with Crippen LogP contribution in [0.2, 0.25) is 0 Å². The number of sulfone groups is 1. The molecule has 1 atom stereocenters. The Balaban J connectivity index is 0.00000243. The van der Waals surface area contributed by atoms with Gasteiger partial charge in [-0.3, -0.25) is 4.79 Å². The molecule has 0 saturated carbocycles. The van der Waals surface area contributed by atoms with E-state index in [0.717, 1.165) is 11.8 Å². The average molecular weight is 407 g/mol. The molecular formula is C17H24ClFN2O4S. The zero-order chi connectivity index (χ0) is 18.1. The summed E-state index contributed by atoms with van der Waals surface area (Å²) in [5.74, 6) is -0.676. The fraction of sp³-hybridized carbons (Fsp3) is 0.588. The zero-order valence-corrected chi connectivity index (χ0v) is 16.2. The number of rotatable bonds is 3. The second kappa shape index (κ2) is 8.21. The quantitative estimate of drug-likeness (QED) is 0.819. The lowest BCUT2D eigenvalue weighted by molar-refractivity contribution is -0.142. The van der Waals surface area contributed by atoms with Gasteiger partial charge in [-0.2, -0.15) is 0 Å². The molecule has 0 radical (unpaired) electrons. The predicted molar refractivity (Wildman–Crippen MR) is 98.6 cm³/mol. The van der Waals surface area contributed by atoms with Crippen LogP contribution in [0.25, 0.3) is 0 Å². The Hall–Kier alpha value is -1.22. The number of benzene rings is 1. The van der Waals surface area contributed by atoms with Gasteiger partial charge in [0, 0.05) is 12.8 Å². The molecule has 0 aromatic heterocycles. The Kier molecular flexibility index (Phi) is 6.65. The predicted octanol–water partition coefficient (Wildman–Crippen LogP) is 1.31. The molecule has 0 bridgehead atoms. The maximum absolute atomic E-state index is 13.2. The van der Waals surface area contributed by atoms with Crippen LogP contribution in [0.5, 0.6) is 0 Å². The van der Waals surface area contributed by atoms with Crippen molar-refractivity contribution in [3.05, 3.63) is 35.6 Å². The van der Waals surface area contributed by atoms with Gasteiger partial charge in [-0.15, -0.1) is 12.4 Å². The van der Waals surface area contributed by atoms with E-state index in [1.54, 1.807) is 17.0 Å². The Labute approximate surface area is 159 Å². The van der Waals surface area contributed by atoms with Crippen molar-refractivity contribution in [2.45, 2.75) is 23.7 Å². The highest BCUT2D eigenvalue weighted by Gasteiger charge is 2.51. The highest BCUT2D eigenvalue weighted by atomic mass is 35.5. The Bertz CT molecular complexity index is 736. The summed E-state index contributed by atoms with van der Waals surface area (Å²) in [4.78, 5) is 14.7. The second-order valence-electron chi connectivity index (χ2n) is 6.68. The molecule has 2 aliphatic heterocycles. The van der Waals surface area contributed by atoms with E-state index in [-0.39, 0.29) is 49.6 Å². The van der Waals surface area contributed by atoms with Crippen LogP contribution in [-0.2, 0) is 19.4 Å². The van der Waals surface area contributed by atoms with E-state index in [2.05, 4.69) is 5.32 Å². The molecular weight excluding hydrogens is 383 g/mol. The van der Waals surface area contributed by atoms with Crippen LogP contribution >= 0.6 is 12.4 Å². The number of halogens is 2. The van der Waals surface area contributed by atoms with Gasteiger partial charge in [0.1, 0.15) is 11.9 Å². The molecule has 2 aliphatic rings. The fourth-order valence-corrected chi connectivity index (χ4v) is 4.97. The summed E-state index contributed by atoms with van der Waals surface area (Å²) in [7, 11) is -3.55. The SMILES string of the molecule is CS(=O)(=O)C1(C(=O)N2CCOC(c3ccc(F)cc3)C2)CCNCC1.Cl. The Morgan fingerprint density at radius 2 is 1.88 bits per heavy atom. The van der Waals surface area contributed by atoms with E-state index in [1.165, 1.54) is 12.1 Å². The van der Waals surface area contributed by atoms with Crippen molar-refractivity contribution in [2.75, 3.05) is 39.0 Å². The monoisotopic (exact) mass is 406 g/mol. The molecule has 2 saturated heterocycles. The normalized spacial score (nSPS) is 23.2. The van der Waals surface area contributed by atoms with Gasteiger partial charge in [0.15, 0.2) is 14.6 Å². The van der Waals surface area contributed by atoms with E-state index < -0.39 is 14.6 Å². The molecule has 2 heterocycles. The molecule has 1 N–H and O–H groups in total. The van der Waals surface area contributed by atoms with E-state index in [9.17, 15) is 17.6 Å². The molecule has 6 nitrogen and oxygen atoms in total. The minimum Gasteiger partial charge on any atom is -0.370 e. The van der Waals surface area contributed by atoms with Crippen molar-refractivity contribution in [3.8, 4) is 0 Å². The summed E-state index contributed by atoms with van der Waals surface area (Å²) in [5.41, 5.74) is 0.776. The van der Waals surface area contributed by atoms with Crippen molar-refractivity contribution in [1.29, 1.82) is 0 Å². The van der Waals surface area contributed by atoms with Crippen molar-refractivity contribution >= 4 is 28.2 Å². The number of hydrogen-bond acceptors (Lipinski definition) is 5. The number of carbonyl (C=O) groups is 1. The van der Waals surface area contributed by atoms with Gasteiger partial charge in [0.25, 0.3) is 0 Å². The minimum absolute atomic E-state index is 0. The molecule has 1 aromatic carbocycles. The topological polar surface area (TPSA) is 75.7 Å².